The number of carbonyl (C=O) groups excluding carboxylic acids is 1. The quantitative estimate of drug-likeness (QED) is 0.240. The van der Waals surface area contributed by atoms with Gasteiger partial charge in [0.15, 0.2) is 9.84 Å². The van der Waals surface area contributed by atoms with E-state index in [1.807, 2.05) is 36.4 Å². The van der Waals surface area contributed by atoms with E-state index in [-0.39, 0.29) is 10.8 Å². The molecule has 0 spiro atoms. The van der Waals surface area contributed by atoms with Gasteiger partial charge in [0.1, 0.15) is 11.6 Å². The van der Waals surface area contributed by atoms with E-state index in [4.69, 9.17) is 14.7 Å². The zero-order valence-corrected chi connectivity index (χ0v) is 26.6. The van der Waals surface area contributed by atoms with Crippen molar-refractivity contribution in [3.05, 3.63) is 66.7 Å². The summed E-state index contributed by atoms with van der Waals surface area (Å²) in [5.41, 5.74) is 2.93. The van der Waals surface area contributed by atoms with Crippen LogP contribution >= 0.6 is 0 Å². The van der Waals surface area contributed by atoms with Crippen molar-refractivity contribution in [2.75, 3.05) is 55.4 Å². The summed E-state index contributed by atoms with van der Waals surface area (Å²) in [6.07, 6.45) is 2.00. The SMILES string of the molecule is COc1cc(N2CCC(N3CCNC(=O)C3)CC2)ccc1Nc1nc(Nc2ccccc2S(=O)(=O)C(C)C)c2ccccc2n1. The normalized spacial score (nSPS) is 16.5. The van der Waals surface area contributed by atoms with E-state index in [0.717, 1.165) is 50.1 Å². The van der Waals surface area contributed by atoms with Gasteiger partial charge in [-0.05, 0) is 63.1 Å². The summed E-state index contributed by atoms with van der Waals surface area (Å²) in [6, 6.07) is 20.9. The summed E-state index contributed by atoms with van der Waals surface area (Å²) in [5, 5.41) is 9.70. The van der Waals surface area contributed by atoms with Gasteiger partial charge in [0.25, 0.3) is 0 Å². The first kappa shape index (κ1) is 30.6. The van der Waals surface area contributed by atoms with Crippen molar-refractivity contribution in [2.45, 2.75) is 42.9 Å². The minimum Gasteiger partial charge on any atom is -0.494 e. The molecule has 0 radical (unpaired) electrons. The Kier molecular flexibility index (Phi) is 8.77. The summed E-state index contributed by atoms with van der Waals surface area (Å²) >= 11 is 0. The van der Waals surface area contributed by atoms with E-state index < -0.39 is 15.1 Å². The maximum Gasteiger partial charge on any atom is 0.234 e. The van der Waals surface area contributed by atoms with Crippen molar-refractivity contribution in [3.8, 4) is 5.75 Å². The lowest BCUT2D eigenvalue weighted by Crippen LogP contribution is -2.54. The number of amides is 1. The van der Waals surface area contributed by atoms with E-state index in [9.17, 15) is 13.2 Å². The molecule has 45 heavy (non-hydrogen) atoms. The van der Waals surface area contributed by atoms with Crippen LogP contribution in [0.5, 0.6) is 5.75 Å². The van der Waals surface area contributed by atoms with Crippen LogP contribution in [0.2, 0.25) is 0 Å². The van der Waals surface area contributed by atoms with Gasteiger partial charge in [0.05, 0.1) is 40.7 Å². The molecule has 1 aromatic heterocycles. The number of piperazine rings is 1. The van der Waals surface area contributed by atoms with Crippen molar-refractivity contribution >= 4 is 55.5 Å². The molecule has 0 unspecified atom stereocenters. The number of sulfone groups is 1. The van der Waals surface area contributed by atoms with Crippen LogP contribution in [-0.2, 0) is 14.6 Å². The van der Waals surface area contributed by atoms with E-state index in [2.05, 4.69) is 31.8 Å². The molecule has 3 aromatic carbocycles. The molecule has 2 aliphatic heterocycles. The second-order valence-electron chi connectivity index (χ2n) is 11.7. The third-order valence-corrected chi connectivity index (χ3v) is 10.7. The van der Waals surface area contributed by atoms with E-state index >= 15 is 0 Å². The van der Waals surface area contributed by atoms with Gasteiger partial charge >= 0.3 is 0 Å². The molecule has 1 amide bonds. The van der Waals surface area contributed by atoms with Crippen LogP contribution < -0.4 is 25.6 Å². The lowest BCUT2D eigenvalue weighted by atomic mass is 10.0. The number of ether oxygens (including phenoxy) is 1. The molecule has 236 valence electrons. The zero-order chi connectivity index (χ0) is 31.6. The second-order valence-corrected chi connectivity index (χ2v) is 14.1. The molecule has 0 atom stereocenters. The number of benzene rings is 3. The summed E-state index contributed by atoms with van der Waals surface area (Å²) in [7, 11) is -1.90. The van der Waals surface area contributed by atoms with Crippen LogP contribution in [0.4, 0.5) is 28.8 Å². The number of piperidine rings is 1. The van der Waals surface area contributed by atoms with Gasteiger partial charge in [-0.25, -0.2) is 13.4 Å². The van der Waals surface area contributed by atoms with Gasteiger partial charge in [-0.1, -0.05) is 24.3 Å². The van der Waals surface area contributed by atoms with E-state index in [1.165, 1.54) is 0 Å². The second kappa shape index (κ2) is 12.9. The Morgan fingerprint density at radius 3 is 2.44 bits per heavy atom. The predicted molar refractivity (Wildman–Crippen MR) is 178 cm³/mol. The highest BCUT2D eigenvalue weighted by atomic mass is 32.2. The van der Waals surface area contributed by atoms with E-state index in [1.54, 1.807) is 45.2 Å². The molecular formula is C33H39N7O4S. The molecule has 2 aliphatic rings. The van der Waals surface area contributed by atoms with Crippen molar-refractivity contribution in [2.24, 2.45) is 0 Å². The first-order valence-electron chi connectivity index (χ1n) is 15.3. The highest BCUT2D eigenvalue weighted by Gasteiger charge is 2.28. The Morgan fingerprint density at radius 2 is 1.69 bits per heavy atom. The molecule has 0 aliphatic carbocycles. The smallest absolute Gasteiger partial charge is 0.234 e. The lowest BCUT2D eigenvalue weighted by molar-refractivity contribution is -0.125. The number of nitrogens with zero attached hydrogens (tertiary/aromatic N) is 4. The third kappa shape index (κ3) is 6.52. The Balaban J connectivity index is 1.23. The predicted octanol–water partition coefficient (Wildman–Crippen LogP) is 4.71. The molecule has 3 N–H and O–H groups in total. The van der Waals surface area contributed by atoms with Crippen molar-refractivity contribution in [3.63, 3.8) is 0 Å². The Labute approximate surface area is 263 Å². The molecule has 12 heteroatoms. The van der Waals surface area contributed by atoms with Gasteiger partial charge in [0.2, 0.25) is 11.9 Å². The van der Waals surface area contributed by atoms with Crippen LogP contribution in [-0.4, -0.2) is 80.3 Å². The Bertz CT molecular complexity index is 1810. The van der Waals surface area contributed by atoms with E-state index in [0.29, 0.717) is 47.0 Å². The molecule has 6 rings (SSSR count). The maximum absolute atomic E-state index is 13.1. The molecule has 4 aromatic rings. The van der Waals surface area contributed by atoms with Gasteiger partial charge in [-0.2, -0.15) is 4.98 Å². The largest absolute Gasteiger partial charge is 0.494 e. The summed E-state index contributed by atoms with van der Waals surface area (Å²) < 4.78 is 32.0. The number of carbonyl (C=O) groups is 1. The number of para-hydroxylation sites is 2. The highest BCUT2D eigenvalue weighted by Crippen LogP contribution is 2.35. The van der Waals surface area contributed by atoms with Crippen LogP contribution in [0.25, 0.3) is 10.9 Å². The summed E-state index contributed by atoms with van der Waals surface area (Å²) in [5.74, 6) is 1.60. The number of methoxy groups -OCH3 is 1. The molecule has 2 fully saturated rings. The summed E-state index contributed by atoms with van der Waals surface area (Å²) in [4.78, 5) is 26.2. The van der Waals surface area contributed by atoms with Crippen LogP contribution in [0.1, 0.15) is 26.7 Å². The number of aromatic nitrogens is 2. The van der Waals surface area contributed by atoms with Gasteiger partial charge < -0.3 is 25.6 Å². The fourth-order valence-electron chi connectivity index (χ4n) is 5.99. The van der Waals surface area contributed by atoms with Crippen LogP contribution in [0.15, 0.2) is 71.6 Å². The highest BCUT2D eigenvalue weighted by molar-refractivity contribution is 7.92. The average molecular weight is 630 g/mol. The average Bonchev–Trinajstić information content (AvgIpc) is 3.05. The third-order valence-electron chi connectivity index (χ3n) is 8.52. The number of nitrogens with one attached hydrogen (secondary N) is 3. The molecule has 0 saturated carbocycles. The van der Waals surface area contributed by atoms with Crippen molar-refractivity contribution < 1.29 is 17.9 Å². The van der Waals surface area contributed by atoms with Crippen molar-refractivity contribution in [1.29, 1.82) is 0 Å². The fraction of sp³-hybridized carbons (Fsp3) is 0.364. The van der Waals surface area contributed by atoms with Crippen LogP contribution in [0.3, 0.4) is 0 Å². The minimum absolute atomic E-state index is 0.110. The number of anilines is 5. The van der Waals surface area contributed by atoms with Gasteiger partial charge in [-0.15, -0.1) is 0 Å². The lowest BCUT2D eigenvalue weighted by Gasteiger charge is -2.40. The Morgan fingerprint density at radius 1 is 0.933 bits per heavy atom. The number of hydrogen-bond donors (Lipinski definition) is 3. The molecule has 3 heterocycles. The monoisotopic (exact) mass is 629 g/mol. The fourth-order valence-corrected chi connectivity index (χ4v) is 7.19. The number of hydrogen-bond acceptors (Lipinski definition) is 10. The minimum atomic E-state index is -3.53. The topological polar surface area (TPSA) is 129 Å². The molecule has 0 bridgehead atoms. The van der Waals surface area contributed by atoms with Crippen molar-refractivity contribution in [1.82, 2.24) is 20.2 Å². The molecular weight excluding hydrogens is 590 g/mol. The first-order valence-corrected chi connectivity index (χ1v) is 16.8. The molecule has 2 saturated heterocycles. The number of rotatable bonds is 9. The molecule has 11 nitrogen and oxygen atoms in total. The summed E-state index contributed by atoms with van der Waals surface area (Å²) in [6.45, 7) is 7.25. The standard InChI is InChI=1S/C33H39N7O4S/c1-22(2)45(42,43)30-11-7-6-10-28(30)35-32-25-8-4-5-9-26(25)36-33(38-32)37-27-13-12-24(20-29(27)44-3)39-17-14-23(15-18-39)40-19-16-34-31(41)21-40/h4-13,20,22-23H,14-19,21H2,1-3H3,(H,34,41)(H2,35,36,37,38). The number of fused-ring (bicyclic) bond motifs is 1. The van der Waals surface area contributed by atoms with Crippen LogP contribution in [0, 0.1) is 0 Å². The van der Waals surface area contributed by atoms with Gasteiger partial charge in [-0.3, -0.25) is 9.69 Å². The van der Waals surface area contributed by atoms with Gasteiger partial charge in [0, 0.05) is 49.4 Å². The zero-order valence-electron chi connectivity index (χ0n) is 25.8. The Hall–Kier alpha value is -4.42. The maximum atomic E-state index is 13.1. The first-order chi connectivity index (χ1) is 21.7.